The summed E-state index contributed by atoms with van der Waals surface area (Å²) in [4.78, 5) is 0. The largest absolute Gasteiger partial charge is 0.492 e. The van der Waals surface area contributed by atoms with Gasteiger partial charge in [-0.3, -0.25) is 0 Å². The van der Waals surface area contributed by atoms with Crippen molar-refractivity contribution in [1.82, 2.24) is 10.6 Å². The minimum Gasteiger partial charge on any atom is -0.492 e. The van der Waals surface area contributed by atoms with E-state index in [9.17, 15) is 0 Å². The van der Waals surface area contributed by atoms with Crippen LogP contribution in [0, 0.1) is 0 Å². The lowest BCUT2D eigenvalue weighted by atomic mass is 10.4. The van der Waals surface area contributed by atoms with Crippen LogP contribution in [0.3, 0.4) is 0 Å². The lowest BCUT2D eigenvalue weighted by Crippen LogP contribution is -2.26. The first kappa shape index (κ1) is 21.2. The smallest absolute Gasteiger partial charge is 0.112 e. The third-order valence-corrected chi connectivity index (χ3v) is 2.13. The zero-order valence-corrected chi connectivity index (χ0v) is 13.4. The summed E-state index contributed by atoms with van der Waals surface area (Å²) in [5.74, 6) is 0.632. The molecule has 0 aromatic rings. The van der Waals surface area contributed by atoms with Crippen molar-refractivity contribution in [2.75, 3.05) is 46.5 Å². The first-order valence-corrected chi connectivity index (χ1v) is 7.35. The van der Waals surface area contributed by atoms with Crippen LogP contribution in [0.4, 0.5) is 0 Å². The molecule has 0 bridgehead atoms. The van der Waals surface area contributed by atoms with Crippen molar-refractivity contribution >= 4 is 0 Å². The molecule has 0 heterocycles. The molecule has 0 aromatic heterocycles. The summed E-state index contributed by atoms with van der Waals surface area (Å²) in [6.07, 6.45) is 6.27. The molecule has 0 fully saturated rings. The van der Waals surface area contributed by atoms with E-state index in [2.05, 4.69) is 23.8 Å². The molecule has 0 unspecified atom stereocenters. The molecule has 0 saturated heterocycles. The van der Waals surface area contributed by atoms with Crippen LogP contribution in [-0.4, -0.2) is 46.5 Å². The third kappa shape index (κ3) is 19.2. The molecule has 0 radical (unpaired) electrons. The average molecular weight is 284 g/mol. The Bertz CT molecular complexity index is 241. The summed E-state index contributed by atoms with van der Waals surface area (Å²) in [6, 6.07) is 0. The molecule has 0 saturated carbocycles. The van der Waals surface area contributed by atoms with E-state index in [-0.39, 0.29) is 0 Å². The van der Waals surface area contributed by atoms with E-state index in [4.69, 9.17) is 9.47 Å². The monoisotopic (exact) mass is 284 g/mol. The Morgan fingerprint density at radius 1 is 1.10 bits per heavy atom. The molecule has 0 aliphatic rings. The van der Waals surface area contributed by atoms with Gasteiger partial charge in [0.05, 0.1) is 6.61 Å². The Morgan fingerprint density at radius 3 is 2.50 bits per heavy atom. The van der Waals surface area contributed by atoms with Crippen molar-refractivity contribution in [3.8, 4) is 0 Å². The van der Waals surface area contributed by atoms with Gasteiger partial charge in [-0.05, 0) is 26.1 Å². The van der Waals surface area contributed by atoms with E-state index >= 15 is 0 Å². The second-order valence-corrected chi connectivity index (χ2v) is 3.73. The van der Waals surface area contributed by atoms with Crippen molar-refractivity contribution in [3.63, 3.8) is 0 Å². The molecule has 0 amide bonds. The van der Waals surface area contributed by atoms with Gasteiger partial charge in [0.1, 0.15) is 12.4 Å². The summed E-state index contributed by atoms with van der Waals surface area (Å²) < 4.78 is 10.8. The van der Waals surface area contributed by atoms with E-state index in [1.165, 1.54) is 0 Å². The molecule has 0 rings (SSSR count). The molecule has 20 heavy (non-hydrogen) atoms. The highest BCUT2D eigenvalue weighted by molar-refractivity contribution is 5.12. The van der Waals surface area contributed by atoms with Gasteiger partial charge in [-0.25, -0.2) is 0 Å². The zero-order chi connectivity index (χ0) is 15.5. The van der Waals surface area contributed by atoms with Gasteiger partial charge in [0, 0.05) is 19.7 Å². The van der Waals surface area contributed by atoms with Gasteiger partial charge in [-0.1, -0.05) is 39.2 Å². The topological polar surface area (TPSA) is 42.5 Å². The van der Waals surface area contributed by atoms with Crippen LogP contribution in [0.25, 0.3) is 0 Å². The standard InChI is InChI=1S/C14H26N2O2.C2H6/c1-4-5-7-14(2)18-13-12-17-11-6-8-16-10-9-15-3;1-2/h4-5,7,15-16H,1-2,6,8-13H2,3H3;1-2H3/b7-5-;. The van der Waals surface area contributed by atoms with E-state index in [1.54, 1.807) is 18.2 Å². The molecule has 0 atom stereocenters. The fraction of sp³-hybridized carbons (Fsp3) is 0.625. The Labute approximate surface area is 124 Å². The predicted octanol–water partition coefficient (Wildman–Crippen LogP) is 2.50. The van der Waals surface area contributed by atoms with E-state index < -0.39 is 0 Å². The molecule has 0 aliphatic heterocycles. The van der Waals surface area contributed by atoms with Crippen LogP contribution in [0.5, 0.6) is 0 Å². The second kappa shape index (κ2) is 20.2. The van der Waals surface area contributed by atoms with Crippen molar-refractivity contribution in [2.24, 2.45) is 0 Å². The Morgan fingerprint density at radius 2 is 1.85 bits per heavy atom. The molecule has 2 N–H and O–H groups in total. The van der Waals surface area contributed by atoms with Crippen LogP contribution >= 0.6 is 0 Å². The minimum absolute atomic E-state index is 0.535. The lowest BCUT2D eigenvalue weighted by molar-refractivity contribution is 0.0779. The second-order valence-electron chi connectivity index (χ2n) is 3.73. The van der Waals surface area contributed by atoms with Gasteiger partial charge >= 0.3 is 0 Å². The molecule has 0 aromatic carbocycles. The molecule has 4 heteroatoms. The molecule has 0 aliphatic carbocycles. The number of hydrogen-bond acceptors (Lipinski definition) is 4. The zero-order valence-electron chi connectivity index (χ0n) is 13.4. The maximum atomic E-state index is 5.43. The summed E-state index contributed by atoms with van der Waals surface area (Å²) in [5.41, 5.74) is 0. The van der Waals surface area contributed by atoms with Gasteiger partial charge in [-0.15, -0.1) is 0 Å². The van der Waals surface area contributed by atoms with Crippen LogP contribution in [0.1, 0.15) is 20.3 Å². The number of likely N-dealkylation sites (N-methyl/N-ethyl adjacent to an activating group) is 1. The van der Waals surface area contributed by atoms with Crippen LogP contribution in [0.15, 0.2) is 37.1 Å². The number of ether oxygens (including phenoxy) is 2. The molecular weight excluding hydrogens is 252 g/mol. The van der Waals surface area contributed by atoms with E-state index in [0.29, 0.717) is 19.0 Å². The number of nitrogens with one attached hydrogen (secondary N) is 2. The Balaban J connectivity index is 0. The summed E-state index contributed by atoms with van der Waals surface area (Å²) in [6.45, 7) is 16.2. The van der Waals surface area contributed by atoms with Crippen molar-refractivity contribution < 1.29 is 9.47 Å². The van der Waals surface area contributed by atoms with Gasteiger partial charge in [0.15, 0.2) is 0 Å². The first-order valence-electron chi connectivity index (χ1n) is 7.35. The quantitative estimate of drug-likeness (QED) is 0.310. The fourth-order valence-corrected chi connectivity index (χ4v) is 1.19. The third-order valence-electron chi connectivity index (χ3n) is 2.13. The van der Waals surface area contributed by atoms with E-state index in [0.717, 1.165) is 32.7 Å². The number of hydrogen-bond donors (Lipinski definition) is 2. The van der Waals surface area contributed by atoms with Crippen molar-refractivity contribution in [1.29, 1.82) is 0 Å². The van der Waals surface area contributed by atoms with Crippen molar-refractivity contribution in [2.45, 2.75) is 20.3 Å². The van der Waals surface area contributed by atoms with E-state index in [1.807, 2.05) is 20.9 Å². The summed E-state index contributed by atoms with van der Waals surface area (Å²) in [5, 5.41) is 6.39. The summed E-state index contributed by atoms with van der Waals surface area (Å²) >= 11 is 0. The van der Waals surface area contributed by atoms with Gasteiger partial charge in [0.25, 0.3) is 0 Å². The van der Waals surface area contributed by atoms with Gasteiger partial charge < -0.3 is 20.1 Å². The molecular formula is C16H32N2O2. The maximum absolute atomic E-state index is 5.43. The molecule has 0 spiro atoms. The predicted molar refractivity (Wildman–Crippen MR) is 88.0 cm³/mol. The minimum atomic E-state index is 0.535. The fourth-order valence-electron chi connectivity index (χ4n) is 1.19. The highest BCUT2D eigenvalue weighted by Crippen LogP contribution is 1.95. The van der Waals surface area contributed by atoms with Crippen LogP contribution in [-0.2, 0) is 9.47 Å². The Hall–Kier alpha value is -1.10. The average Bonchev–Trinajstić information content (AvgIpc) is 2.49. The van der Waals surface area contributed by atoms with Crippen LogP contribution in [0.2, 0.25) is 0 Å². The first-order chi connectivity index (χ1) is 9.81. The Kier molecular flexibility index (Phi) is 21.4. The SMILES string of the molecule is C=C/C=C\C(=C)OCCOCCCNCCNC.CC. The van der Waals surface area contributed by atoms with Gasteiger partial charge in [-0.2, -0.15) is 0 Å². The lowest BCUT2D eigenvalue weighted by Gasteiger charge is -2.07. The van der Waals surface area contributed by atoms with Crippen molar-refractivity contribution in [3.05, 3.63) is 37.1 Å². The van der Waals surface area contributed by atoms with Gasteiger partial charge in [0.2, 0.25) is 0 Å². The highest BCUT2D eigenvalue weighted by Gasteiger charge is 1.92. The highest BCUT2D eigenvalue weighted by atomic mass is 16.5. The molecule has 4 nitrogen and oxygen atoms in total. The summed E-state index contributed by atoms with van der Waals surface area (Å²) in [7, 11) is 1.95. The molecule has 118 valence electrons. The number of rotatable bonds is 13. The number of allylic oxidation sites excluding steroid dienone is 3. The maximum Gasteiger partial charge on any atom is 0.112 e. The normalized spacial score (nSPS) is 9.95. The van der Waals surface area contributed by atoms with Crippen LogP contribution < -0.4 is 10.6 Å².